The lowest BCUT2D eigenvalue weighted by Crippen LogP contribution is -2.21. The van der Waals surface area contributed by atoms with Crippen molar-refractivity contribution in [2.45, 2.75) is 6.61 Å². The van der Waals surface area contributed by atoms with Gasteiger partial charge in [-0.15, -0.1) is 5.10 Å². The molecule has 0 saturated carbocycles. The molecule has 4 N–H and O–H groups in total. The van der Waals surface area contributed by atoms with Crippen LogP contribution in [0.1, 0.15) is 21.5 Å². The molecule has 0 radical (unpaired) electrons. The van der Waals surface area contributed by atoms with Crippen LogP contribution in [-0.2, 0) is 11.3 Å². The number of carbonyl (C=O) groups is 1. The molecule has 7 nitrogen and oxygen atoms in total. The van der Waals surface area contributed by atoms with Crippen LogP contribution >= 0.6 is 0 Å². The maximum absolute atomic E-state index is 11.4. The third-order valence-corrected chi connectivity index (χ3v) is 3.04. The molecule has 0 amide bonds. The van der Waals surface area contributed by atoms with Crippen LogP contribution < -0.4 is 16.2 Å². The first-order chi connectivity index (χ1) is 11.6. The summed E-state index contributed by atoms with van der Waals surface area (Å²) in [6.07, 6.45) is 1.54. The van der Waals surface area contributed by atoms with Crippen LogP contribution in [0.15, 0.2) is 58.7 Å². The van der Waals surface area contributed by atoms with E-state index in [1.807, 2.05) is 36.4 Å². The second-order valence-corrected chi connectivity index (χ2v) is 4.82. The van der Waals surface area contributed by atoms with E-state index in [2.05, 4.69) is 14.9 Å². The Bertz CT molecular complexity index is 733. The molecule has 2 aromatic rings. The Morgan fingerprint density at radius 1 is 1.08 bits per heavy atom. The Hall–Kier alpha value is -3.35. The molecule has 0 unspecified atom stereocenters. The molecular formula is C17H18N4O3. The van der Waals surface area contributed by atoms with E-state index in [0.29, 0.717) is 17.9 Å². The van der Waals surface area contributed by atoms with E-state index in [9.17, 15) is 4.79 Å². The highest BCUT2D eigenvalue weighted by Crippen LogP contribution is 2.14. The average molecular weight is 326 g/mol. The van der Waals surface area contributed by atoms with E-state index >= 15 is 0 Å². The van der Waals surface area contributed by atoms with Crippen molar-refractivity contribution in [1.29, 1.82) is 0 Å². The lowest BCUT2D eigenvalue weighted by Gasteiger charge is -2.07. The first kappa shape index (κ1) is 17.0. The SMILES string of the molecule is COC(=O)c1ccc(COc2ccc(/C=N\N=C(N)N)cc2)cc1. The van der Waals surface area contributed by atoms with E-state index in [4.69, 9.17) is 16.2 Å². The van der Waals surface area contributed by atoms with E-state index in [-0.39, 0.29) is 11.9 Å². The van der Waals surface area contributed by atoms with Gasteiger partial charge in [-0.3, -0.25) is 0 Å². The Morgan fingerprint density at radius 3 is 2.33 bits per heavy atom. The lowest BCUT2D eigenvalue weighted by molar-refractivity contribution is 0.0600. The van der Waals surface area contributed by atoms with Gasteiger partial charge in [0, 0.05) is 0 Å². The Morgan fingerprint density at radius 2 is 1.75 bits per heavy atom. The lowest BCUT2D eigenvalue weighted by atomic mass is 10.1. The molecule has 0 bridgehead atoms. The van der Waals surface area contributed by atoms with Crippen molar-refractivity contribution in [2.75, 3.05) is 7.11 Å². The van der Waals surface area contributed by atoms with E-state index in [1.165, 1.54) is 13.3 Å². The average Bonchev–Trinajstić information content (AvgIpc) is 2.60. The summed E-state index contributed by atoms with van der Waals surface area (Å²) in [4.78, 5) is 11.4. The zero-order valence-electron chi connectivity index (χ0n) is 13.2. The summed E-state index contributed by atoms with van der Waals surface area (Å²) in [6, 6.07) is 14.4. The third kappa shape index (κ3) is 5.13. The van der Waals surface area contributed by atoms with Gasteiger partial charge in [0.2, 0.25) is 5.96 Å². The largest absolute Gasteiger partial charge is 0.489 e. The standard InChI is InChI=1S/C17H18N4O3/c1-23-16(22)14-6-2-13(3-7-14)11-24-15-8-4-12(5-9-15)10-20-21-17(18)19/h2-10H,11H2,1H3,(H4,18,19,21)/b20-10-. The minimum absolute atomic E-state index is 0.0931. The van der Waals surface area contributed by atoms with Crippen LogP contribution in [0.4, 0.5) is 0 Å². The third-order valence-electron chi connectivity index (χ3n) is 3.04. The van der Waals surface area contributed by atoms with Gasteiger partial charge in [-0.2, -0.15) is 5.10 Å². The number of nitrogens with zero attached hydrogens (tertiary/aromatic N) is 2. The molecule has 0 fully saturated rings. The second kappa shape index (κ2) is 8.33. The minimum Gasteiger partial charge on any atom is -0.489 e. The van der Waals surface area contributed by atoms with Crippen molar-refractivity contribution < 1.29 is 14.3 Å². The number of rotatable bonds is 6. The zero-order valence-corrected chi connectivity index (χ0v) is 13.2. The molecule has 0 aliphatic heterocycles. The number of guanidine groups is 1. The van der Waals surface area contributed by atoms with Gasteiger partial charge in [-0.25, -0.2) is 4.79 Å². The van der Waals surface area contributed by atoms with Crippen LogP contribution in [0.2, 0.25) is 0 Å². The summed E-state index contributed by atoms with van der Waals surface area (Å²) in [6.45, 7) is 0.392. The molecular weight excluding hydrogens is 308 g/mol. The molecule has 0 aromatic heterocycles. The number of ether oxygens (including phenoxy) is 2. The van der Waals surface area contributed by atoms with Gasteiger partial charge >= 0.3 is 5.97 Å². The van der Waals surface area contributed by atoms with Crippen molar-refractivity contribution in [3.8, 4) is 5.75 Å². The van der Waals surface area contributed by atoms with Crippen LogP contribution in [0.25, 0.3) is 0 Å². The van der Waals surface area contributed by atoms with E-state index in [1.54, 1.807) is 12.1 Å². The van der Waals surface area contributed by atoms with E-state index in [0.717, 1.165) is 11.1 Å². The van der Waals surface area contributed by atoms with Gasteiger partial charge in [0.05, 0.1) is 18.9 Å². The fourth-order valence-electron chi connectivity index (χ4n) is 1.83. The summed E-state index contributed by atoms with van der Waals surface area (Å²) >= 11 is 0. The number of esters is 1. The van der Waals surface area contributed by atoms with Gasteiger partial charge < -0.3 is 20.9 Å². The molecule has 0 spiro atoms. The van der Waals surface area contributed by atoms with Crippen LogP contribution in [0, 0.1) is 0 Å². The van der Waals surface area contributed by atoms with Gasteiger partial charge in [-0.1, -0.05) is 12.1 Å². The topological polar surface area (TPSA) is 112 Å². The molecule has 2 aromatic carbocycles. The summed E-state index contributed by atoms with van der Waals surface area (Å²) < 4.78 is 10.3. The fourth-order valence-corrected chi connectivity index (χ4v) is 1.83. The molecule has 24 heavy (non-hydrogen) atoms. The van der Waals surface area contributed by atoms with Crippen LogP contribution in [0.5, 0.6) is 5.75 Å². The highest BCUT2D eigenvalue weighted by atomic mass is 16.5. The molecule has 124 valence electrons. The summed E-state index contributed by atoms with van der Waals surface area (Å²) in [5, 5.41) is 7.25. The quantitative estimate of drug-likeness (QED) is 0.363. The van der Waals surface area contributed by atoms with Gasteiger partial charge in [-0.05, 0) is 47.5 Å². The van der Waals surface area contributed by atoms with Crippen molar-refractivity contribution in [3.63, 3.8) is 0 Å². The van der Waals surface area contributed by atoms with Crippen LogP contribution in [-0.4, -0.2) is 25.3 Å². The molecule has 0 atom stereocenters. The highest BCUT2D eigenvalue weighted by molar-refractivity contribution is 5.89. The van der Waals surface area contributed by atoms with Crippen LogP contribution in [0.3, 0.4) is 0 Å². The van der Waals surface area contributed by atoms with Gasteiger partial charge in [0.1, 0.15) is 12.4 Å². The Balaban J connectivity index is 1.91. The number of benzene rings is 2. The maximum atomic E-state index is 11.4. The molecule has 0 heterocycles. The summed E-state index contributed by atoms with van der Waals surface area (Å²) in [7, 11) is 1.35. The molecule has 7 heteroatoms. The monoisotopic (exact) mass is 326 g/mol. The molecule has 0 aliphatic carbocycles. The summed E-state index contributed by atoms with van der Waals surface area (Å²) in [5.74, 6) is 0.260. The second-order valence-electron chi connectivity index (χ2n) is 4.82. The normalized spacial score (nSPS) is 10.4. The van der Waals surface area contributed by atoms with Crippen molar-refractivity contribution in [2.24, 2.45) is 21.7 Å². The van der Waals surface area contributed by atoms with Gasteiger partial charge in [0.15, 0.2) is 0 Å². The first-order valence-corrected chi connectivity index (χ1v) is 7.10. The summed E-state index contributed by atoms with van der Waals surface area (Å²) in [5.41, 5.74) is 12.6. The van der Waals surface area contributed by atoms with Crippen molar-refractivity contribution >= 4 is 18.1 Å². The van der Waals surface area contributed by atoms with Gasteiger partial charge in [0.25, 0.3) is 0 Å². The van der Waals surface area contributed by atoms with Crippen molar-refractivity contribution in [1.82, 2.24) is 0 Å². The predicted octanol–water partition coefficient (Wildman–Crippen LogP) is 1.66. The zero-order chi connectivity index (χ0) is 17.4. The number of nitrogens with two attached hydrogens (primary N) is 2. The first-order valence-electron chi connectivity index (χ1n) is 7.10. The number of hydrogen-bond donors (Lipinski definition) is 2. The Labute approximate surface area is 139 Å². The fraction of sp³-hybridized carbons (Fsp3) is 0.118. The van der Waals surface area contributed by atoms with E-state index < -0.39 is 0 Å². The predicted molar refractivity (Wildman–Crippen MR) is 92.0 cm³/mol. The molecule has 2 rings (SSSR count). The number of carbonyl (C=O) groups excluding carboxylic acids is 1. The van der Waals surface area contributed by atoms with Crippen molar-refractivity contribution in [3.05, 3.63) is 65.2 Å². The highest BCUT2D eigenvalue weighted by Gasteiger charge is 2.04. The smallest absolute Gasteiger partial charge is 0.337 e. The number of methoxy groups -OCH3 is 1. The molecule has 0 aliphatic rings. The number of hydrogen-bond acceptors (Lipinski definition) is 5. The Kier molecular flexibility index (Phi) is 5.90. The minimum atomic E-state index is -0.361. The molecule has 0 saturated heterocycles. The maximum Gasteiger partial charge on any atom is 0.337 e.